The molecule has 0 N–H and O–H groups in total. The Bertz CT molecular complexity index is 341. The van der Waals surface area contributed by atoms with Crippen LogP contribution in [0.15, 0.2) is 29.2 Å². The average molecular weight is 227 g/mol. The van der Waals surface area contributed by atoms with Crippen LogP contribution in [0.1, 0.15) is 6.42 Å². The number of carbonyl (C=O) groups is 1. The van der Waals surface area contributed by atoms with Gasteiger partial charge < -0.3 is 4.90 Å². The molecule has 0 atom stereocenters. The van der Waals surface area contributed by atoms with Crippen molar-refractivity contribution in [3.63, 3.8) is 0 Å². The Morgan fingerprint density at radius 1 is 1.40 bits per heavy atom. The van der Waals surface area contributed by atoms with E-state index < -0.39 is 0 Å². The van der Waals surface area contributed by atoms with Crippen molar-refractivity contribution < 1.29 is 9.18 Å². The highest BCUT2D eigenvalue weighted by Gasteiger charge is 2.05. The first kappa shape index (κ1) is 12.0. The molecule has 0 aliphatic heterocycles. The first-order valence-electron chi connectivity index (χ1n) is 4.68. The summed E-state index contributed by atoms with van der Waals surface area (Å²) < 4.78 is 13.2. The molecule has 0 bridgehead atoms. The van der Waals surface area contributed by atoms with Crippen LogP contribution in [0.2, 0.25) is 0 Å². The second-order valence-electron chi connectivity index (χ2n) is 3.32. The predicted molar refractivity (Wildman–Crippen MR) is 60.4 cm³/mol. The summed E-state index contributed by atoms with van der Waals surface area (Å²) in [6.45, 7) is 0. The maximum Gasteiger partial charge on any atom is 0.222 e. The average Bonchev–Trinajstić information content (AvgIpc) is 2.20. The molecule has 1 aromatic rings. The molecule has 0 spiro atoms. The SMILES string of the molecule is CN(C)C(=O)CCSc1ccccc1F. The summed E-state index contributed by atoms with van der Waals surface area (Å²) in [5, 5.41) is 0. The zero-order chi connectivity index (χ0) is 11.3. The summed E-state index contributed by atoms with van der Waals surface area (Å²) in [6, 6.07) is 6.60. The van der Waals surface area contributed by atoms with Crippen molar-refractivity contribution in [1.82, 2.24) is 4.90 Å². The van der Waals surface area contributed by atoms with Gasteiger partial charge in [0.1, 0.15) is 5.82 Å². The second kappa shape index (κ2) is 5.75. The van der Waals surface area contributed by atoms with E-state index in [1.54, 1.807) is 37.2 Å². The molecular formula is C11H14FNOS. The number of thioether (sulfide) groups is 1. The summed E-state index contributed by atoms with van der Waals surface area (Å²) in [5.41, 5.74) is 0. The standard InChI is InChI=1S/C11H14FNOS/c1-13(2)11(14)7-8-15-10-6-4-3-5-9(10)12/h3-6H,7-8H2,1-2H3. The van der Waals surface area contributed by atoms with E-state index in [9.17, 15) is 9.18 Å². The minimum Gasteiger partial charge on any atom is -0.349 e. The lowest BCUT2D eigenvalue weighted by Gasteiger charge is -2.09. The fraction of sp³-hybridized carbons (Fsp3) is 0.364. The molecule has 0 saturated carbocycles. The number of carbonyl (C=O) groups excluding carboxylic acids is 1. The fourth-order valence-corrected chi connectivity index (χ4v) is 1.91. The van der Waals surface area contributed by atoms with Gasteiger partial charge in [0.2, 0.25) is 5.91 Å². The van der Waals surface area contributed by atoms with Crippen LogP contribution in [0.3, 0.4) is 0 Å². The number of amides is 1. The number of rotatable bonds is 4. The van der Waals surface area contributed by atoms with Crippen molar-refractivity contribution in [3.05, 3.63) is 30.1 Å². The largest absolute Gasteiger partial charge is 0.349 e. The van der Waals surface area contributed by atoms with Gasteiger partial charge in [-0.3, -0.25) is 4.79 Å². The monoisotopic (exact) mass is 227 g/mol. The van der Waals surface area contributed by atoms with Crippen molar-refractivity contribution in [2.75, 3.05) is 19.8 Å². The normalized spacial score (nSPS) is 10.1. The van der Waals surface area contributed by atoms with Crippen LogP contribution in [0.4, 0.5) is 4.39 Å². The Morgan fingerprint density at radius 3 is 2.67 bits per heavy atom. The Labute approximate surface area is 93.5 Å². The molecule has 1 rings (SSSR count). The Kier molecular flexibility index (Phi) is 4.62. The van der Waals surface area contributed by atoms with Crippen LogP contribution in [0.5, 0.6) is 0 Å². The topological polar surface area (TPSA) is 20.3 Å². The molecule has 0 radical (unpaired) electrons. The molecule has 1 aromatic carbocycles. The molecule has 0 unspecified atom stereocenters. The van der Waals surface area contributed by atoms with Gasteiger partial charge in [-0.25, -0.2) is 4.39 Å². The maximum atomic E-state index is 13.2. The minimum atomic E-state index is -0.222. The van der Waals surface area contributed by atoms with E-state index in [1.165, 1.54) is 17.8 Å². The van der Waals surface area contributed by atoms with Gasteiger partial charge in [0.25, 0.3) is 0 Å². The lowest BCUT2D eigenvalue weighted by atomic mass is 10.3. The highest BCUT2D eigenvalue weighted by Crippen LogP contribution is 2.21. The highest BCUT2D eigenvalue weighted by atomic mass is 32.2. The molecule has 0 aromatic heterocycles. The van der Waals surface area contributed by atoms with Crippen LogP contribution >= 0.6 is 11.8 Å². The lowest BCUT2D eigenvalue weighted by molar-refractivity contribution is -0.128. The van der Waals surface area contributed by atoms with E-state index in [-0.39, 0.29) is 11.7 Å². The maximum absolute atomic E-state index is 13.2. The predicted octanol–water partition coefficient (Wildman–Crippen LogP) is 2.40. The van der Waals surface area contributed by atoms with Gasteiger partial charge in [0.05, 0.1) is 0 Å². The van der Waals surface area contributed by atoms with Crippen molar-refractivity contribution >= 4 is 17.7 Å². The van der Waals surface area contributed by atoms with E-state index >= 15 is 0 Å². The zero-order valence-electron chi connectivity index (χ0n) is 8.87. The van der Waals surface area contributed by atoms with Gasteiger partial charge in [-0.2, -0.15) is 0 Å². The van der Waals surface area contributed by atoms with Crippen LogP contribution in [0, 0.1) is 5.82 Å². The first-order chi connectivity index (χ1) is 7.11. The molecular weight excluding hydrogens is 213 g/mol. The number of hydrogen-bond donors (Lipinski definition) is 0. The molecule has 0 saturated heterocycles. The smallest absolute Gasteiger partial charge is 0.222 e. The van der Waals surface area contributed by atoms with Crippen molar-refractivity contribution in [1.29, 1.82) is 0 Å². The molecule has 0 aliphatic carbocycles. The van der Waals surface area contributed by atoms with Gasteiger partial charge in [0, 0.05) is 31.2 Å². The van der Waals surface area contributed by atoms with E-state index in [2.05, 4.69) is 0 Å². The van der Waals surface area contributed by atoms with Gasteiger partial charge in [0.15, 0.2) is 0 Å². The molecule has 0 aliphatic rings. The van der Waals surface area contributed by atoms with E-state index in [4.69, 9.17) is 0 Å². The number of nitrogens with zero attached hydrogens (tertiary/aromatic N) is 1. The lowest BCUT2D eigenvalue weighted by Crippen LogP contribution is -2.21. The second-order valence-corrected chi connectivity index (χ2v) is 4.45. The van der Waals surface area contributed by atoms with Crippen LogP contribution in [-0.4, -0.2) is 30.7 Å². The molecule has 15 heavy (non-hydrogen) atoms. The fourth-order valence-electron chi connectivity index (χ4n) is 1.03. The van der Waals surface area contributed by atoms with E-state index in [0.29, 0.717) is 17.1 Å². The summed E-state index contributed by atoms with van der Waals surface area (Å²) in [4.78, 5) is 13.4. The van der Waals surface area contributed by atoms with Crippen LogP contribution < -0.4 is 0 Å². The van der Waals surface area contributed by atoms with Crippen molar-refractivity contribution in [2.24, 2.45) is 0 Å². The number of benzene rings is 1. The summed E-state index contributed by atoms with van der Waals surface area (Å²) >= 11 is 1.37. The minimum absolute atomic E-state index is 0.0684. The zero-order valence-corrected chi connectivity index (χ0v) is 9.68. The summed E-state index contributed by atoms with van der Waals surface area (Å²) in [6.07, 6.45) is 0.437. The molecule has 82 valence electrons. The van der Waals surface area contributed by atoms with Gasteiger partial charge in [-0.05, 0) is 12.1 Å². The number of hydrogen-bond acceptors (Lipinski definition) is 2. The van der Waals surface area contributed by atoms with Crippen LogP contribution in [-0.2, 0) is 4.79 Å². The Hall–Kier alpha value is -1.03. The molecule has 0 heterocycles. The summed E-state index contributed by atoms with van der Waals surface area (Å²) in [7, 11) is 3.44. The first-order valence-corrected chi connectivity index (χ1v) is 5.67. The summed E-state index contributed by atoms with van der Waals surface area (Å²) in [5.74, 6) is 0.455. The quantitative estimate of drug-likeness (QED) is 0.736. The van der Waals surface area contributed by atoms with Crippen LogP contribution in [0.25, 0.3) is 0 Å². The van der Waals surface area contributed by atoms with E-state index in [0.717, 1.165) is 0 Å². The third kappa shape index (κ3) is 3.91. The third-order valence-electron chi connectivity index (χ3n) is 1.91. The molecule has 1 amide bonds. The van der Waals surface area contributed by atoms with Gasteiger partial charge in [-0.15, -0.1) is 11.8 Å². The molecule has 0 fully saturated rings. The van der Waals surface area contributed by atoms with Crippen molar-refractivity contribution in [2.45, 2.75) is 11.3 Å². The van der Waals surface area contributed by atoms with Gasteiger partial charge in [-0.1, -0.05) is 12.1 Å². The Balaban J connectivity index is 2.38. The number of halogens is 1. The Morgan fingerprint density at radius 2 is 2.07 bits per heavy atom. The highest BCUT2D eigenvalue weighted by molar-refractivity contribution is 7.99. The third-order valence-corrected chi connectivity index (χ3v) is 2.96. The molecule has 2 nitrogen and oxygen atoms in total. The van der Waals surface area contributed by atoms with Gasteiger partial charge >= 0.3 is 0 Å². The molecule has 4 heteroatoms. The van der Waals surface area contributed by atoms with Crippen molar-refractivity contribution in [3.8, 4) is 0 Å². The van der Waals surface area contributed by atoms with E-state index in [1.807, 2.05) is 0 Å².